The van der Waals surface area contributed by atoms with Crippen molar-refractivity contribution < 1.29 is 13.9 Å². The molecule has 0 saturated carbocycles. The summed E-state index contributed by atoms with van der Waals surface area (Å²) >= 11 is 0. The fraction of sp³-hybridized carbons (Fsp3) is 0.250. The Morgan fingerprint density at radius 1 is 1.53 bits per heavy atom. The number of hydrogen-bond acceptors (Lipinski definition) is 3. The molecule has 1 aromatic heterocycles. The highest BCUT2D eigenvalue weighted by molar-refractivity contribution is 5.87. The molecule has 78 valence electrons. The average molecular weight is 204 g/mol. The van der Waals surface area contributed by atoms with Crippen LogP contribution in [0.15, 0.2) is 35.0 Å². The van der Waals surface area contributed by atoms with E-state index in [9.17, 15) is 4.79 Å². The predicted molar refractivity (Wildman–Crippen MR) is 56.4 cm³/mol. The highest BCUT2D eigenvalue weighted by Gasteiger charge is 2.13. The van der Waals surface area contributed by atoms with Crippen molar-refractivity contribution in [2.24, 2.45) is 0 Å². The standard InChI is InChI=1S/C12H12O3/c1-14-12(13)11-7-10(8-15-11)9-5-3-2-4-6-9/h2-3,5,7-8H,4,6H2,1H3. The molecule has 3 heteroatoms. The predicted octanol–water partition coefficient (Wildman–Crippen LogP) is 2.80. The molecular weight excluding hydrogens is 192 g/mol. The number of esters is 1. The molecule has 0 N–H and O–H groups in total. The van der Waals surface area contributed by atoms with Crippen LogP contribution < -0.4 is 0 Å². The molecule has 0 fully saturated rings. The first-order valence-corrected chi connectivity index (χ1v) is 4.84. The molecule has 0 amide bonds. The normalized spacial score (nSPS) is 14.9. The minimum absolute atomic E-state index is 0.253. The van der Waals surface area contributed by atoms with Crippen LogP contribution in [0.1, 0.15) is 29.0 Å². The van der Waals surface area contributed by atoms with Crippen LogP contribution in [0.3, 0.4) is 0 Å². The third-order valence-corrected chi connectivity index (χ3v) is 2.37. The summed E-state index contributed by atoms with van der Waals surface area (Å²) in [5, 5.41) is 0. The lowest BCUT2D eigenvalue weighted by Gasteiger charge is -2.04. The molecule has 0 atom stereocenters. The molecule has 0 radical (unpaired) electrons. The Kier molecular flexibility index (Phi) is 2.72. The number of carbonyl (C=O) groups excluding carboxylic acids is 1. The van der Waals surface area contributed by atoms with Gasteiger partial charge in [0.15, 0.2) is 0 Å². The summed E-state index contributed by atoms with van der Waals surface area (Å²) in [5.41, 5.74) is 2.15. The van der Waals surface area contributed by atoms with E-state index < -0.39 is 5.97 Å². The van der Waals surface area contributed by atoms with Gasteiger partial charge in [0.2, 0.25) is 5.76 Å². The molecule has 2 rings (SSSR count). The van der Waals surface area contributed by atoms with Crippen molar-refractivity contribution in [3.63, 3.8) is 0 Å². The van der Waals surface area contributed by atoms with Crippen molar-refractivity contribution in [3.8, 4) is 0 Å². The van der Waals surface area contributed by atoms with Gasteiger partial charge < -0.3 is 9.15 Å². The molecule has 0 aromatic carbocycles. The Hall–Kier alpha value is -1.77. The van der Waals surface area contributed by atoms with E-state index in [1.807, 2.05) is 12.2 Å². The van der Waals surface area contributed by atoms with Crippen LogP contribution in [0.25, 0.3) is 5.57 Å². The quantitative estimate of drug-likeness (QED) is 0.695. The van der Waals surface area contributed by atoms with Crippen molar-refractivity contribution in [1.29, 1.82) is 0 Å². The molecule has 0 bridgehead atoms. The summed E-state index contributed by atoms with van der Waals surface area (Å²) in [7, 11) is 1.34. The van der Waals surface area contributed by atoms with Crippen LogP contribution in [0.2, 0.25) is 0 Å². The summed E-state index contributed by atoms with van der Waals surface area (Å²) in [6.07, 6.45) is 9.78. The van der Waals surface area contributed by atoms with Gasteiger partial charge in [-0.05, 0) is 24.5 Å². The van der Waals surface area contributed by atoms with Gasteiger partial charge in [-0.1, -0.05) is 18.2 Å². The third-order valence-electron chi connectivity index (χ3n) is 2.37. The second-order valence-corrected chi connectivity index (χ2v) is 3.35. The highest BCUT2D eigenvalue weighted by Crippen LogP contribution is 2.25. The first kappa shape index (κ1) is 9.77. The maximum atomic E-state index is 11.2. The number of methoxy groups -OCH3 is 1. The van der Waals surface area contributed by atoms with Crippen LogP contribution in [-0.2, 0) is 4.74 Å². The monoisotopic (exact) mass is 204 g/mol. The van der Waals surface area contributed by atoms with E-state index in [0.717, 1.165) is 18.4 Å². The molecule has 1 aliphatic rings. The van der Waals surface area contributed by atoms with Gasteiger partial charge in [0.1, 0.15) is 0 Å². The van der Waals surface area contributed by atoms with E-state index >= 15 is 0 Å². The van der Waals surface area contributed by atoms with Gasteiger partial charge in [0.25, 0.3) is 0 Å². The van der Waals surface area contributed by atoms with Crippen molar-refractivity contribution >= 4 is 11.5 Å². The molecule has 1 aromatic rings. The van der Waals surface area contributed by atoms with E-state index in [1.165, 1.54) is 12.7 Å². The summed E-state index contributed by atoms with van der Waals surface area (Å²) in [6.45, 7) is 0. The number of furan rings is 1. The number of ether oxygens (including phenoxy) is 1. The van der Waals surface area contributed by atoms with Crippen LogP contribution in [0, 0.1) is 0 Å². The molecule has 0 unspecified atom stereocenters. The zero-order valence-electron chi connectivity index (χ0n) is 8.53. The fourth-order valence-electron chi connectivity index (χ4n) is 1.56. The van der Waals surface area contributed by atoms with Crippen LogP contribution in [0.4, 0.5) is 0 Å². The van der Waals surface area contributed by atoms with Crippen molar-refractivity contribution in [2.75, 3.05) is 7.11 Å². The molecule has 0 saturated heterocycles. The fourth-order valence-corrected chi connectivity index (χ4v) is 1.56. The lowest BCUT2D eigenvalue weighted by Crippen LogP contribution is -1.98. The average Bonchev–Trinajstić information content (AvgIpc) is 2.78. The summed E-state index contributed by atoms with van der Waals surface area (Å²) in [5.74, 6) is -0.184. The van der Waals surface area contributed by atoms with Gasteiger partial charge in [-0.2, -0.15) is 0 Å². The Bertz CT molecular complexity index is 424. The first-order valence-electron chi connectivity index (χ1n) is 4.84. The highest BCUT2D eigenvalue weighted by atomic mass is 16.5. The third kappa shape index (κ3) is 2.01. The van der Waals surface area contributed by atoms with Gasteiger partial charge in [-0.25, -0.2) is 4.79 Å². The van der Waals surface area contributed by atoms with E-state index in [2.05, 4.69) is 10.8 Å². The molecule has 0 aliphatic heterocycles. The Balaban J connectivity index is 2.23. The number of carbonyl (C=O) groups is 1. The Labute approximate surface area is 88.0 Å². The van der Waals surface area contributed by atoms with Gasteiger partial charge in [-0.15, -0.1) is 0 Å². The van der Waals surface area contributed by atoms with Crippen molar-refractivity contribution in [1.82, 2.24) is 0 Å². The van der Waals surface area contributed by atoms with Gasteiger partial charge >= 0.3 is 5.97 Å². The number of allylic oxidation sites excluding steroid dienone is 4. The minimum atomic E-state index is -0.437. The van der Waals surface area contributed by atoms with Crippen LogP contribution in [-0.4, -0.2) is 13.1 Å². The zero-order chi connectivity index (χ0) is 10.7. The summed E-state index contributed by atoms with van der Waals surface area (Å²) < 4.78 is 9.70. The molecule has 1 aliphatic carbocycles. The maximum Gasteiger partial charge on any atom is 0.373 e. The van der Waals surface area contributed by atoms with Crippen LogP contribution in [0.5, 0.6) is 0 Å². The molecule has 1 heterocycles. The van der Waals surface area contributed by atoms with Crippen LogP contribution >= 0.6 is 0 Å². The van der Waals surface area contributed by atoms with E-state index in [1.54, 1.807) is 12.3 Å². The van der Waals surface area contributed by atoms with Gasteiger partial charge in [0.05, 0.1) is 13.4 Å². The zero-order valence-corrected chi connectivity index (χ0v) is 8.53. The Morgan fingerprint density at radius 3 is 3.07 bits per heavy atom. The minimum Gasteiger partial charge on any atom is -0.463 e. The first-order chi connectivity index (χ1) is 7.31. The van der Waals surface area contributed by atoms with Gasteiger partial charge in [0, 0.05) is 5.56 Å². The van der Waals surface area contributed by atoms with E-state index in [4.69, 9.17) is 4.42 Å². The summed E-state index contributed by atoms with van der Waals surface area (Å²) in [4.78, 5) is 11.2. The smallest absolute Gasteiger partial charge is 0.373 e. The molecule has 3 nitrogen and oxygen atoms in total. The lowest BCUT2D eigenvalue weighted by molar-refractivity contribution is 0.0565. The second-order valence-electron chi connectivity index (χ2n) is 3.35. The number of rotatable bonds is 2. The van der Waals surface area contributed by atoms with Crippen molar-refractivity contribution in [3.05, 3.63) is 41.9 Å². The largest absolute Gasteiger partial charge is 0.463 e. The van der Waals surface area contributed by atoms with E-state index in [0.29, 0.717) is 0 Å². The second kappa shape index (κ2) is 4.17. The molecular formula is C12H12O3. The topological polar surface area (TPSA) is 39.4 Å². The lowest BCUT2D eigenvalue weighted by atomic mass is 10.00. The van der Waals surface area contributed by atoms with Crippen molar-refractivity contribution in [2.45, 2.75) is 12.8 Å². The Morgan fingerprint density at radius 2 is 2.40 bits per heavy atom. The number of hydrogen-bond donors (Lipinski definition) is 0. The SMILES string of the molecule is COC(=O)c1cc(C2=CC=CCC2)co1. The van der Waals surface area contributed by atoms with Gasteiger partial charge in [-0.3, -0.25) is 0 Å². The molecule has 0 spiro atoms. The molecule has 15 heavy (non-hydrogen) atoms. The summed E-state index contributed by atoms with van der Waals surface area (Å²) in [6, 6.07) is 1.72. The maximum absolute atomic E-state index is 11.2. The van der Waals surface area contributed by atoms with E-state index in [-0.39, 0.29) is 5.76 Å².